The average molecular weight is 547 g/mol. The molecule has 2 aromatic carbocycles. The molecule has 2 saturated heterocycles. The number of aryl methyl sites for hydroxylation is 1. The molecule has 0 aliphatic carbocycles. The van der Waals surface area contributed by atoms with Crippen molar-refractivity contribution < 1.29 is 14.4 Å². The van der Waals surface area contributed by atoms with Crippen LogP contribution in [0.25, 0.3) is 0 Å². The SMILES string of the molecule is N#CC1(c2ccc(Cl)cc2)CCN(CCCCCCc2cccc3c2CN(C2CCC(=O)NC2=O)C3=O)CC1. The van der Waals surface area contributed by atoms with Crippen LogP contribution in [0, 0.1) is 11.3 Å². The molecule has 3 aliphatic rings. The molecular weight excluding hydrogens is 512 g/mol. The zero-order valence-electron chi connectivity index (χ0n) is 22.3. The lowest BCUT2D eigenvalue weighted by atomic mass is 9.74. The molecule has 3 aliphatic heterocycles. The summed E-state index contributed by atoms with van der Waals surface area (Å²) >= 11 is 6.04. The van der Waals surface area contributed by atoms with Crippen molar-refractivity contribution in [2.75, 3.05) is 19.6 Å². The van der Waals surface area contributed by atoms with Crippen LogP contribution in [-0.4, -0.2) is 53.2 Å². The van der Waals surface area contributed by atoms with E-state index >= 15 is 0 Å². The molecule has 0 saturated carbocycles. The van der Waals surface area contributed by atoms with Gasteiger partial charge in [-0.3, -0.25) is 19.7 Å². The van der Waals surface area contributed by atoms with Gasteiger partial charge in [-0.25, -0.2) is 0 Å². The van der Waals surface area contributed by atoms with E-state index in [1.165, 1.54) is 5.56 Å². The predicted molar refractivity (Wildman–Crippen MR) is 149 cm³/mol. The maximum absolute atomic E-state index is 13.0. The van der Waals surface area contributed by atoms with Gasteiger partial charge in [0.2, 0.25) is 11.8 Å². The number of nitrogens with zero attached hydrogens (tertiary/aromatic N) is 3. The fraction of sp³-hybridized carbons (Fsp3) is 0.484. The summed E-state index contributed by atoms with van der Waals surface area (Å²) in [5.41, 5.74) is 3.56. The highest BCUT2D eigenvalue weighted by molar-refractivity contribution is 6.30. The Balaban J connectivity index is 1.05. The number of hydrogen-bond acceptors (Lipinski definition) is 5. The highest BCUT2D eigenvalue weighted by Gasteiger charge is 2.40. The minimum Gasteiger partial charge on any atom is -0.322 e. The number of rotatable bonds is 9. The average Bonchev–Trinajstić information content (AvgIpc) is 3.28. The summed E-state index contributed by atoms with van der Waals surface area (Å²) in [6.45, 7) is 3.36. The highest BCUT2D eigenvalue weighted by Crippen LogP contribution is 2.36. The van der Waals surface area contributed by atoms with Crippen molar-refractivity contribution >= 4 is 29.3 Å². The Kier molecular flexibility index (Phi) is 8.34. The molecule has 0 spiro atoms. The molecule has 1 unspecified atom stereocenters. The number of likely N-dealkylation sites (tertiary alicyclic amines) is 1. The maximum atomic E-state index is 13.0. The molecular formula is C31H35ClN4O3. The quantitative estimate of drug-likeness (QED) is 0.361. The fourth-order valence-electron chi connectivity index (χ4n) is 6.28. The molecule has 3 heterocycles. The van der Waals surface area contributed by atoms with Gasteiger partial charge in [-0.1, -0.05) is 48.7 Å². The third kappa shape index (κ3) is 5.88. The zero-order valence-corrected chi connectivity index (χ0v) is 23.0. The van der Waals surface area contributed by atoms with Crippen LogP contribution in [0.4, 0.5) is 0 Å². The van der Waals surface area contributed by atoms with Gasteiger partial charge >= 0.3 is 0 Å². The highest BCUT2D eigenvalue weighted by atomic mass is 35.5. The Labute approximate surface area is 235 Å². The van der Waals surface area contributed by atoms with Crippen LogP contribution in [-0.2, 0) is 28.0 Å². The van der Waals surface area contributed by atoms with Gasteiger partial charge in [0.25, 0.3) is 5.91 Å². The topological polar surface area (TPSA) is 93.5 Å². The molecule has 0 bridgehead atoms. The number of nitriles is 1. The van der Waals surface area contributed by atoms with E-state index in [-0.39, 0.29) is 24.1 Å². The standard InChI is InChI=1S/C31H35ClN4O3/c32-24-11-9-23(10-12-24)31(21-33)15-18-35(19-16-31)17-4-2-1-3-6-22-7-5-8-25-26(22)20-36(30(25)39)27-13-14-28(37)34-29(27)38/h5,7-12,27H,1-4,6,13-20H2,(H,34,37,38). The van der Waals surface area contributed by atoms with E-state index in [1.54, 1.807) is 4.90 Å². The van der Waals surface area contributed by atoms with E-state index in [2.05, 4.69) is 22.4 Å². The Morgan fingerprint density at radius 2 is 1.74 bits per heavy atom. The van der Waals surface area contributed by atoms with Gasteiger partial charge in [-0.15, -0.1) is 0 Å². The van der Waals surface area contributed by atoms with Crippen LogP contribution >= 0.6 is 11.6 Å². The van der Waals surface area contributed by atoms with E-state index < -0.39 is 11.5 Å². The number of piperidine rings is 2. The Bertz CT molecular complexity index is 1280. The summed E-state index contributed by atoms with van der Waals surface area (Å²) in [5.74, 6) is -0.750. The molecule has 39 heavy (non-hydrogen) atoms. The molecule has 8 heteroatoms. The molecule has 7 nitrogen and oxygen atoms in total. The molecule has 2 fully saturated rings. The van der Waals surface area contributed by atoms with Crippen molar-refractivity contribution in [3.8, 4) is 6.07 Å². The minimum atomic E-state index is -0.574. The van der Waals surface area contributed by atoms with Gasteiger partial charge in [0.15, 0.2) is 0 Å². The third-order valence-corrected chi connectivity index (χ3v) is 8.92. The summed E-state index contributed by atoms with van der Waals surface area (Å²) in [6, 6.07) is 15.6. The number of amides is 3. The van der Waals surface area contributed by atoms with Gasteiger partial charge in [0.05, 0.1) is 11.5 Å². The molecule has 5 rings (SSSR count). The van der Waals surface area contributed by atoms with Crippen molar-refractivity contribution in [2.24, 2.45) is 0 Å². The number of carbonyl (C=O) groups is 3. The molecule has 1 N–H and O–H groups in total. The number of carbonyl (C=O) groups excluding carboxylic acids is 3. The van der Waals surface area contributed by atoms with Crippen LogP contribution in [0.15, 0.2) is 42.5 Å². The van der Waals surface area contributed by atoms with Gasteiger partial charge in [0, 0.05) is 23.6 Å². The van der Waals surface area contributed by atoms with Crippen LogP contribution in [0.2, 0.25) is 5.02 Å². The van der Waals surface area contributed by atoms with Crippen molar-refractivity contribution in [3.63, 3.8) is 0 Å². The molecule has 3 amide bonds. The first-order chi connectivity index (χ1) is 18.9. The van der Waals surface area contributed by atoms with E-state index in [9.17, 15) is 19.6 Å². The monoisotopic (exact) mass is 546 g/mol. The fourth-order valence-corrected chi connectivity index (χ4v) is 6.41. The summed E-state index contributed by atoms with van der Waals surface area (Å²) in [6.07, 6.45) is 7.71. The second kappa shape index (κ2) is 11.9. The first-order valence-electron chi connectivity index (χ1n) is 14.1. The lowest BCUT2D eigenvalue weighted by molar-refractivity contribution is -0.136. The van der Waals surface area contributed by atoms with Gasteiger partial charge in [-0.05, 0) is 93.0 Å². The minimum absolute atomic E-state index is 0.112. The van der Waals surface area contributed by atoms with E-state index in [0.29, 0.717) is 23.6 Å². The molecule has 0 radical (unpaired) electrons. The van der Waals surface area contributed by atoms with Crippen molar-refractivity contribution in [2.45, 2.75) is 75.8 Å². The lowest BCUT2D eigenvalue weighted by Gasteiger charge is -2.37. The first-order valence-corrected chi connectivity index (χ1v) is 14.4. The first kappa shape index (κ1) is 27.4. The van der Waals surface area contributed by atoms with Crippen LogP contribution < -0.4 is 5.32 Å². The van der Waals surface area contributed by atoms with E-state index in [4.69, 9.17) is 11.6 Å². The van der Waals surface area contributed by atoms with E-state index in [1.807, 2.05) is 36.4 Å². The summed E-state index contributed by atoms with van der Waals surface area (Å²) < 4.78 is 0. The Morgan fingerprint density at radius 3 is 2.46 bits per heavy atom. The maximum Gasteiger partial charge on any atom is 0.255 e. The number of imide groups is 1. The summed E-state index contributed by atoms with van der Waals surface area (Å²) in [4.78, 5) is 41.0. The largest absolute Gasteiger partial charge is 0.322 e. The number of hydrogen-bond donors (Lipinski definition) is 1. The molecule has 0 aromatic heterocycles. The van der Waals surface area contributed by atoms with Crippen molar-refractivity contribution in [1.29, 1.82) is 5.26 Å². The van der Waals surface area contributed by atoms with Crippen LogP contribution in [0.3, 0.4) is 0 Å². The van der Waals surface area contributed by atoms with Crippen LogP contribution in [0.5, 0.6) is 0 Å². The number of nitrogens with one attached hydrogen (secondary N) is 1. The number of benzene rings is 2. The zero-order chi connectivity index (χ0) is 27.4. The number of unbranched alkanes of at least 4 members (excludes halogenated alkanes) is 3. The lowest BCUT2D eigenvalue weighted by Crippen LogP contribution is -2.52. The molecule has 2 aromatic rings. The third-order valence-electron chi connectivity index (χ3n) is 8.67. The Morgan fingerprint density at radius 1 is 1.00 bits per heavy atom. The summed E-state index contributed by atoms with van der Waals surface area (Å²) in [7, 11) is 0. The van der Waals surface area contributed by atoms with Crippen LogP contribution in [0.1, 0.15) is 78.4 Å². The second-order valence-electron chi connectivity index (χ2n) is 11.0. The van der Waals surface area contributed by atoms with Crippen molar-refractivity contribution in [3.05, 3.63) is 69.7 Å². The number of halogens is 1. The summed E-state index contributed by atoms with van der Waals surface area (Å²) in [5, 5.41) is 13.0. The van der Waals surface area contributed by atoms with Gasteiger partial charge in [-0.2, -0.15) is 5.26 Å². The predicted octanol–water partition coefficient (Wildman–Crippen LogP) is 4.76. The molecule has 1 atom stereocenters. The van der Waals surface area contributed by atoms with Gasteiger partial charge in [0.1, 0.15) is 6.04 Å². The number of fused-ring (bicyclic) bond motifs is 1. The smallest absolute Gasteiger partial charge is 0.255 e. The van der Waals surface area contributed by atoms with Crippen molar-refractivity contribution in [1.82, 2.24) is 15.1 Å². The second-order valence-corrected chi connectivity index (χ2v) is 11.5. The Hall–Kier alpha value is -3.21. The van der Waals surface area contributed by atoms with E-state index in [0.717, 1.165) is 75.7 Å². The molecule has 204 valence electrons. The van der Waals surface area contributed by atoms with Gasteiger partial charge < -0.3 is 9.80 Å². The normalized spacial score (nSPS) is 21.0.